The van der Waals surface area contributed by atoms with Crippen LogP contribution in [0.1, 0.15) is 31.6 Å². The summed E-state index contributed by atoms with van der Waals surface area (Å²) >= 11 is 5.93. The zero-order valence-electron chi connectivity index (χ0n) is 13.6. The zero-order chi connectivity index (χ0) is 17.9. The summed E-state index contributed by atoms with van der Waals surface area (Å²) in [6.45, 7) is 3.47. The highest BCUT2D eigenvalue weighted by atomic mass is 35.5. The highest BCUT2D eigenvalue weighted by Gasteiger charge is 2.33. The number of benzene rings is 1. The van der Waals surface area contributed by atoms with E-state index < -0.39 is 28.4 Å². The lowest BCUT2D eigenvalue weighted by Gasteiger charge is -2.32. The second-order valence-corrected chi connectivity index (χ2v) is 7.77. The van der Waals surface area contributed by atoms with Gasteiger partial charge in [0.2, 0.25) is 0 Å². The van der Waals surface area contributed by atoms with E-state index in [4.69, 9.17) is 15.8 Å². The number of hydrogen-bond donors (Lipinski definition) is 1. The predicted molar refractivity (Wildman–Crippen MR) is 90.0 cm³/mol. The Hall–Kier alpha value is -1.48. The molecule has 1 heterocycles. The highest BCUT2D eigenvalue weighted by Crippen LogP contribution is 2.36. The molecular formula is C15H20ClN3O4S. The molecule has 0 bridgehead atoms. The molecule has 0 saturated heterocycles. The van der Waals surface area contributed by atoms with E-state index in [2.05, 4.69) is 10.1 Å². The van der Waals surface area contributed by atoms with Crippen LogP contribution in [0.5, 0.6) is 0 Å². The smallest absolute Gasteiger partial charge is 0.264 e. The van der Waals surface area contributed by atoms with Crippen molar-refractivity contribution in [1.29, 1.82) is 0 Å². The van der Waals surface area contributed by atoms with Crippen LogP contribution < -0.4 is 0 Å². The van der Waals surface area contributed by atoms with Crippen molar-refractivity contribution in [2.75, 3.05) is 6.26 Å². The average molecular weight is 374 g/mol. The number of hydrogen-bond acceptors (Lipinski definition) is 6. The van der Waals surface area contributed by atoms with Gasteiger partial charge in [-0.25, -0.2) is 9.67 Å². The van der Waals surface area contributed by atoms with Crippen LogP contribution in [0.4, 0.5) is 0 Å². The molecule has 9 heteroatoms. The third-order valence-corrected chi connectivity index (χ3v) is 4.82. The average Bonchev–Trinajstić information content (AvgIpc) is 3.01. The van der Waals surface area contributed by atoms with Crippen LogP contribution in [0, 0.1) is 5.92 Å². The maximum Gasteiger partial charge on any atom is 0.264 e. The molecule has 1 aromatic heterocycles. The van der Waals surface area contributed by atoms with Crippen LogP contribution in [0.25, 0.3) is 0 Å². The van der Waals surface area contributed by atoms with Crippen molar-refractivity contribution in [2.45, 2.75) is 32.1 Å². The fourth-order valence-corrected chi connectivity index (χ4v) is 3.46. The minimum Gasteiger partial charge on any atom is -0.371 e. The highest BCUT2D eigenvalue weighted by molar-refractivity contribution is 7.86. The lowest BCUT2D eigenvalue weighted by Crippen LogP contribution is -2.32. The molecule has 0 aliphatic carbocycles. The van der Waals surface area contributed by atoms with E-state index in [1.807, 2.05) is 6.92 Å². The second-order valence-electron chi connectivity index (χ2n) is 5.73. The van der Waals surface area contributed by atoms with Crippen LogP contribution in [-0.2, 0) is 14.3 Å². The summed E-state index contributed by atoms with van der Waals surface area (Å²) in [5.41, 5.74) is 0.791. The van der Waals surface area contributed by atoms with Crippen LogP contribution in [0.15, 0.2) is 36.9 Å². The number of rotatable bonds is 7. The molecule has 7 nitrogen and oxygen atoms in total. The fourth-order valence-electron chi connectivity index (χ4n) is 2.61. The normalized spacial score (nSPS) is 17.2. The van der Waals surface area contributed by atoms with Crippen molar-refractivity contribution in [2.24, 2.45) is 5.92 Å². The van der Waals surface area contributed by atoms with Crippen LogP contribution in [-0.4, -0.2) is 40.6 Å². The molecule has 24 heavy (non-hydrogen) atoms. The van der Waals surface area contributed by atoms with Gasteiger partial charge >= 0.3 is 0 Å². The van der Waals surface area contributed by atoms with Gasteiger partial charge in [-0.3, -0.25) is 4.18 Å². The molecule has 2 rings (SSSR count). The number of nitrogens with zero attached hydrogens (tertiary/aromatic N) is 3. The van der Waals surface area contributed by atoms with E-state index >= 15 is 0 Å². The second kappa shape index (κ2) is 7.60. The summed E-state index contributed by atoms with van der Waals surface area (Å²) in [4.78, 5) is 3.84. The maximum atomic E-state index is 11.4. The predicted octanol–water partition coefficient (Wildman–Crippen LogP) is 2.21. The Labute approximate surface area is 146 Å². The van der Waals surface area contributed by atoms with Crippen molar-refractivity contribution >= 4 is 21.7 Å². The molecule has 0 spiro atoms. The summed E-state index contributed by atoms with van der Waals surface area (Å²) in [5, 5.41) is 15.3. The summed E-state index contributed by atoms with van der Waals surface area (Å²) in [7, 11) is -3.61. The lowest BCUT2D eigenvalue weighted by atomic mass is 9.83. The first-order chi connectivity index (χ1) is 11.2. The Kier molecular flexibility index (Phi) is 5.97. The van der Waals surface area contributed by atoms with Crippen LogP contribution >= 0.6 is 11.6 Å². The molecule has 0 amide bonds. The van der Waals surface area contributed by atoms with Gasteiger partial charge in [-0.15, -0.1) is 0 Å². The molecule has 0 aliphatic heterocycles. The topological polar surface area (TPSA) is 94.3 Å². The van der Waals surface area contributed by atoms with E-state index in [0.29, 0.717) is 5.02 Å². The van der Waals surface area contributed by atoms with E-state index in [0.717, 1.165) is 11.8 Å². The van der Waals surface area contributed by atoms with Crippen molar-refractivity contribution < 1.29 is 17.7 Å². The van der Waals surface area contributed by atoms with Crippen molar-refractivity contribution in [1.82, 2.24) is 14.8 Å². The number of halogens is 1. The third kappa shape index (κ3) is 4.76. The van der Waals surface area contributed by atoms with Gasteiger partial charge in [0.05, 0.1) is 12.4 Å². The Morgan fingerprint density at radius 2 is 1.88 bits per heavy atom. The van der Waals surface area contributed by atoms with Gasteiger partial charge in [-0.05, 0) is 30.5 Å². The molecule has 0 radical (unpaired) electrons. The Morgan fingerprint density at radius 1 is 1.25 bits per heavy atom. The maximum absolute atomic E-state index is 11.4. The standard InChI is InChI=1S/C15H20ClN3O4S/c1-10(11(2)23-24(3,21)22)14(12-4-6-13(16)7-5-12)15(20)19-9-17-8-18-19/h4-11,14-15,20H,1-3H3. The van der Waals surface area contributed by atoms with Crippen molar-refractivity contribution in [3.05, 3.63) is 47.5 Å². The molecule has 1 aromatic carbocycles. The molecule has 1 N–H and O–H groups in total. The summed E-state index contributed by atoms with van der Waals surface area (Å²) in [6, 6.07) is 7.01. The lowest BCUT2D eigenvalue weighted by molar-refractivity contribution is 0.0168. The third-order valence-electron chi connectivity index (χ3n) is 3.92. The van der Waals surface area contributed by atoms with Gasteiger partial charge in [0.25, 0.3) is 10.1 Å². The largest absolute Gasteiger partial charge is 0.371 e. The Morgan fingerprint density at radius 3 is 2.38 bits per heavy atom. The van der Waals surface area contributed by atoms with Crippen LogP contribution in [0.2, 0.25) is 5.02 Å². The van der Waals surface area contributed by atoms with E-state index in [9.17, 15) is 13.5 Å². The minimum atomic E-state index is -3.61. The SMILES string of the molecule is CC(OS(C)(=O)=O)C(C)C(c1ccc(Cl)cc1)C(O)n1cncn1. The number of aromatic nitrogens is 3. The molecular weight excluding hydrogens is 354 g/mol. The monoisotopic (exact) mass is 373 g/mol. The molecule has 0 saturated carbocycles. The van der Waals surface area contributed by atoms with E-state index in [1.54, 1.807) is 31.2 Å². The van der Waals surface area contributed by atoms with Gasteiger partial charge in [0.15, 0.2) is 6.23 Å². The molecule has 4 atom stereocenters. The van der Waals surface area contributed by atoms with Gasteiger partial charge in [0, 0.05) is 10.9 Å². The first-order valence-electron chi connectivity index (χ1n) is 7.35. The number of aliphatic hydroxyl groups is 1. The summed E-state index contributed by atoms with van der Waals surface area (Å²) in [5.74, 6) is -0.805. The van der Waals surface area contributed by atoms with Gasteiger partial charge in [-0.2, -0.15) is 13.5 Å². The van der Waals surface area contributed by atoms with Gasteiger partial charge < -0.3 is 5.11 Å². The van der Waals surface area contributed by atoms with Gasteiger partial charge in [-0.1, -0.05) is 30.7 Å². The summed E-state index contributed by atoms with van der Waals surface area (Å²) < 4.78 is 29.2. The van der Waals surface area contributed by atoms with Crippen molar-refractivity contribution in [3.63, 3.8) is 0 Å². The Bertz CT molecular complexity index is 750. The first-order valence-corrected chi connectivity index (χ1v) is 9.54. The number of aliphatic hydroxyl groups excluding tert-OH is 1. The van der Waals surface area contributed by atoms with Gasteiger partial charge in [0.1, 0.15) is 12.7 Å². The Balaban J connectivity index is 2.36. The molecule has 0 aliphatic rings. The fraction of sp³-hybridized carbons (Fsp3) is 0.467. The zero-order valence-corrected chi connectivity index (χ0v) is 15.1. The molecule has 0 fully saturated rings. The van der Waals surface area contributed by atoms with Crippen molar-refractivity contribution in [3.8, 4) is 0 Å². The minimum absolute atomic E-state index is 0.333. The summed E-state index contributed by atoms with van der Waals surface area (Å²) in [6.07, 6.45) is 2.06. The molecule has 4 unspecified atom stereocenters. The van der Waals surface area contributed by atoms with Crippen LogP contribution in [0.3, 0.4) is 0 Å². The quantitative estimate of drug-likeness (QED) is 0.748. The van der Waals surface area contributed by atoms with E-state index in [1.165, 1.54) is 17.3 Å². The molecule has 2 aromatic rings. The van der Waals surface area contributed by atoms with E-state index in [-0.39, 0.29) is 5.92 Å². The molecule has 132 valence electrons. The first kappa shape index (κ1) is 18.9.